The molecule has 4 rings (SSSR count). The average molecular weight is 425 g/mol. The van der Waals surface area contributed by atoms with E-state index < -0.39 is 0 Å². The molecule has 2 aliphatic heterocycles. The van der Waals surface area contributed by atoms with Crippen molar-refractivity contribution in [3.63, 3.8) is 0 Å². The first kappa shape index (κ1) is 21.3. The highest BCUT2D eigenvalue weighted by molar-refractivity contribution is 6.04. The molecule has 0 radical (unpaired) electrons. The van der Waals surface area contributed by atoms with Crippen LogP contribution in [0.3, 0.4) is 0 Å². The smallest absolute Gasteiger partial charge is 0.240 e. The maximum Gasteiger partial charge on any atom is 0.240 e. The number of fused-ring (bicyclic) bond motifs is 1. The van der Waals surface area contributed by atoms with Gasteiger partial charge in [-0.15, -0.1) is 0 Å². The number of piperidine rings is 1. The molecule has 2 aliphatic rings. The SMILES string of the molecule is CN(C)C(=O)[C@H](C1C=CC(Nc2cc(N3CCCCC3)nc3ccnn23)=NC1)N(C)C. The molecule has 9 heteroatoms. The number of rotatable bonds is 5. The van der Waals surface area contributed by atoms with Gasteiger partial charge in [-0.25, -0.2) is 4.98 Å². The number of nitrogens with one attached hydrogen (secondary N) is 1. The van der Waals surface area contributed by atoms with E-state index in [9.17, 15) is 4.79 Å². The summed E-state index contributed by atoms with van der Waals surface area (Å²) in [4.78, 5) is 28.1. The number of hydrogen-bond donors (Lipinski definition) is 1. The van der Waals surface area contributed by atoms with Crippen LogP contribution in [-0.2, 0) is 4.79 Å². The summed E-state index contributed by atoms with van der Waals surface area (Å²) in [5.74, 6) is 2.69. The van der Waals surface area contributed by atoms with Gasteiger partial charge >= 0.3 is 0 Å². The second kappa shape index (κ2) is 9.05. The molecule has 1 unspecified atom stereocenters. The molecule has 0 bridgehead atoms. The third kappa shape index (κ3) is 4.56. The van der Waals surface area contributed by atoms with Crippen LogP contribution in [-0.4, -0.2) is 90.0 Å². The van der Waals surface area contributed by atoms with Crippen molar-refractivity contribution in [3.8, 4) is 0 Å². The Balaban J connectivity index is 1.53. The molecule has 2 aromatic heterocycles. The van der Waals surface area contributed by atoms with E-state index in [-0.39, 0.29) is 17.9 Å². The fourth-order valence-corrected chi connectivity index (χ4v) is 4.27. The first-order chi connectivity index (χ1) is 14.9. The number of amides is 1. The lowest BCUT2D eigenvalue weighted by atomic mass is 9.95. The standard InChI is InChI=1S/C22H32N8O/c1-27(2)21(22(31)28(3)4)16-8-9-17(23-15-16)25-20-14-19(29-12-6-5-7-13-29)26-18-10-11-24-30(18)20/h8-11,14,16,21H,5-7,12-13,15H2,1-4H3,(H,23,25)/t16?,21-/m0/s1. The second-order valence-electron chi connectivity index (χ2n) is 8.66. The van der Waals surface area contributed by atoms with Gasteiger partial charge in [-0.3, -0.25) is 14.7 Å². The molecule has 1 amide bonds. The van der Waals surface area contributed by atoms with Gasteiger partial charge in [0.2, 0.25) is 5.91 Å². The monoisotopic (exact) mass is 424 g/mol. The van der Waals surface area contributed by atoms with Gasteiger partial charge in [0.15, 0.2) is 5.65 Å². The Hall–Kier alpha value is -2.94. The lowest BCUT2D eigenvalue weighted by Gasteiger charge is -2.32. The van der Waals surface area contributed by atoms with E-state index in [0.717, 1.165) is 36.2 Å². The van der Waals surface area contributed by atoms with Crippen LogP contribution in [0.4, 0.5) is 11.6 Å². The highest BCUT2D eigenvalue weighted by atomic mass is 16.2. The summed E-state index contributed by atoms with van der Waals surface area (Å²) in [6.07, 6.45) is 9.48. The number of amidine groups is 1. The van der Waals surface area contributed by atoms with Gasteiger partial charge in [0.05, 0.1) is 12.2 Å². The fraction of sp³-hybridized carbons (Fsp3) is 0.545. The normalized spacial score (nSPS) is 20.1. The van der Waals surface area contributed by atoms with E-state index in [1.54, 1.807) is 29.7 Å². The number of nitrogens with zero attached hydrogens (tertiary/aromatic N) is 7. The molecule has 4 heterocycles. The first-order valence-electron chi connectivity index (χ1n) is 10.9. The van der Waals surface area contributed by atoms with Crippen molar-refractivity contribution in [3.05, 3.63) is 30.5 Å². The Kier molecular flexibility index (Phi) is 6.22. The first-order valence-corrected chi connectivity index (χ1v) is 10.9. The average Bonchev–Trinajstić information content (AvgIpc) is 3.24. The predicted octanol–water partition coefficient (Wildman–Crippen LogP) is 1.73. The van der Waals surface area contributed by atoms with Crippen LogP contribution in [0.15, 0.2) is 35.5 Å². The summed E-state index contributed by atoms with van der Waals surface area (Å²) in [6.45, 7) is 2.61. The zero-order chi connectivity index (χ0) is 22.0. The van der Waals surface area contributed by atoms with Gasteiger partial charge in [0.1, 0.15) is 17.5 Å². The van der Waals surface area contributed by atoms with Crippen LogP contribution in [0.1, 0.15) is 19.3 Å². The van der Waals surface area contributed by atoms with E-state index in [1.165, 1.54) is 19.3 Å². The molecule has 166 valence electrons. The number of aromatic nitrogens is 3. The van der Waals surface area contributed by atoms with Gasteiger partial charge in [0, 0.05) is 51.8 Å². The summed E-state index contributed by atoms with van der Waals surface area (Å²) in [6, 6.07) is 3.73. The molecule has 1 saturated heterocycles. The van der Waals surface area contributed by atoms with E-state index in [2.05, 4.69) is 21.4 Å². The third-order valence-corrected chi connectivity index (χ3v) is 5.91. The minimum Gasteiger partial charge on any atom is -0.356 e. The molecular formula is C22H32N8O. The number of likely N-dealkylation sites (N-methyl/N-ethyl adjacent to an activating group) is 2. The Morgan fingerprint density at radius 2 is 1.97 bits per heavy atom. The maximum absolute atomic E-state index is 12.6. The summed E-state index contributed by atoms with van der Waals surface area (Å²) in [5.41, 5.74) is 0.813. The molecule has 1 N–H and O–H groups in total. The fourth-order valence-electron chi connectivity index (χ4n) is 4.27. The summed E-state index contributed by atoms with van der Waals surface area (Å²) >= 11 is 0. The Labute approximate surface area is 183 Å². The molecule has 0 aromatic carbocycles. The van der Waals surface area contributed by atoms with E-state index in [1.807, 2.05) is 37.2 Å². The Morgan fingerprint density at radius 3 is 2.61 bits per heavy atom. The van der Waals surface area contributed by atoms with Crippen LogP contribution in [0.25, 0.3) is 5.65 Å². The molecule has 31 heavy (non-hydrogen) atoms. The molecule has 0 saturated carbocycles. The zero-order valence-electron chi connectivity index (χ0n) is 18.8. The molecule has 2 atom stereocenters. The topological polar surface area (TPSA) is 81.4 Å². The number of anilines is 2. The number of carbonyl (C=O) groups is 1. The number of dihydropyridines is 1. The van der Waals surface area contributed by atoms with Crippen LogP contribution >= 0.6 is 0 Å². The van der Waals surface area contributed by atoms with Crippen LogP contribution < -0.4 is 10.2 Å². The van der Waals surface area contributed by atoms with E-state index in [0.29, 0.717) is 6.54 Å². The third-order valence-electron chi connectivity index (χ3n) is 5.91. The van der Waals surface area contributed by atoms with Crippen molar-refractivity contribution in [2.75, 3.05) is 58.0 Å². The maximum atomic E-state index is 12.6. The van der Waals surface area contributed by atoms with Crippen molar-refractivity contribution in [2.45, 2.75) is 25.3 Å². The van der Waals surface area contributed by atoms with Gasteiger partial charge in [-0.2, -0.15) is 9.61 Å². The van der Waals surface area contributed by atoms with Crippen LogP contribution in [0, 0.1) is 5.92 Å². The quantitative estimate of drug-likeness (QED) is 0.787. The highest BCUT2D eigenvalue weighted by Gasteiger charge is 2.31. The number of aliphatic imine (C=N–C) groups is 1. The van der Waals surface area contributed by atoms with Crippen molar-refractivity contribution < 1.29 is 4.79 Å². The molecule has 1 fully saturated rings. The van der Waals surface area contributed by atoms with E-state index >= 15 is 0 Å². The molecule has 0 spiro atoms. The van der Waals surface area contributed by atoms with Gasteiger partial charge in [-0.1, -0.05) is 6.08 Å². The number of carbonyl (C=O) groups excluding carboxylic acids is 1. The largest absolute Gasteiger partial charge is 0.356 e. The molecule has 2 aromatic rings. The van der Waals surface area contributed by atoms with E-state index in [4.69, 9.17) is 9.98 Å². The lowest BCUT2D eigenvalue weighted by molar-refractivity contribution is -0.134. The lowest BCUT2D eigenvalue weighted by Crippen LogP contribution is -2.48. The summed E-state index contributed by atoms with van der Waals surface area (Å²) in [5, 5.41) is 7.83. The second-order valence-corrected chi connectivity index (χ2v) is 8.66. The van der Waals surface area contributed by atoms with Crippen molar-refractivity contribution >= 4 is 29.0 Å². The van der Waals surface area contributed by atoms with Crippen LogP contribution in [0.2, 0.25) is 0 Å². The summed E-state index contributed by atoms with van der Waals surface area (Å²) in [7, 11) is 7.45. The predicted molar refractivity (Wildman–Crippen MR) is 124 cm³/mol. The Bertz CT molecular complexity index is 987. The summed E-state index contributed by atoms with van der Waals surface area (Å²) < 4.78 is 1.80. The molecular weight excluding hydrogens is 392 g/mol. The van der Waals surface area contributed by atoms with Gasteiger partial charge in [0.25, 0.3) is 0 Å². The Morgan fingerprint density at radius 1 is 1.19 bits per heavy atom. The van der Waals surface area contributed by atoms with Gasteiger partial charge in [-0.05, 0) is 39.4 Å². The van der Waals surface area contributed by atoms with Gasteiger partial charge < -0.3 is 15.1 Å². The number of hydrogen-bond acceptors (Lipinski definition) is 7. The highest BCUT2D eigenvalue weighted by Crippen LogP contribution is 2.23. The minimum absolute atomic E-state index is 0.0292. The molecule has 9 nitrogen and oxygen atoms in total. The van der Waals surface area contributed by atoms with Crippen molar-refractivity contribution in [1.29, 1.82) is 0 Å². The molecule has 0 aliphatic carbocycles. The minimum atomic E-state index is -0.235. The van der Waals surface area contributed by atoms with Crippen molar-refractivity contribution in [1.82, 2.24) is 24.4 Å². The zero-order valence-corrected chi connectivity index (χ0v) is 18.8. The van der Waals surface area contributed by atoms with Crippen molar-refractivity contribution in [2.24, 2.45) is 10.9 Å². The van der Waals surface area contributed by atoms with Crippen LogP contribution in [0.5, 0.6) is 0 Å².